The van der Waals surface area contributed by atoms with Gasteiger partial charge in [-0.3, -0.25) is 4.79 Å². The Morgan fingerprint density at radius 1 is 1.11 bits per heavy atom. The third-order valence-corrected chi connectivity index (χ3v) is 4.27. The maximum Gasteiger partial charge on any atom is 0.344 e. The number of furan rings is 1. The SMILES string of the molecule is Cc1cc(C(=O)COC(=O)c2c(F)cccc2F)c(C)n1Cc1ccco1. The van der Waals surface area contributed by atoms with Crippen LogP contribution in [0.25, 0.3) is 0 Å². The second kappa shape index (κ2) is 7.57. The van der Waals surface area contributed by atoms with E-state index in [4.69, 9.17) is 9.15 Å². The van der Waals surface area contributed by atoms with Crippen molar-refractivity contribution in [3.05, 3.63) is 82.6 Å². The van der Waals surface area contributed by atoms with Gasteiger partial charge in [-0.2, -0.15) is 0 Å². The molecule has 0 aliphatic heterocycles. The molecule has 0 N–H and O–H groups in total. The second-order valence-corrected chi connectivity index (χ2v) is 6.05. The number of benzene rings is 1. The Hall–Kier alpha value is -3.22. The third kappa shape index (κ3) is 3.81. The number of carbonyl (C=O) groups excluding carboxylic acids is 2. The van der Waals surface area contributed by atoms with Gasteiger partial charge in [0.05, 0.1) is 12.8 Å². The van der Waals surface area contributed by atoms with Gasteiger partial charge in [0.25, 0.3) is 0 Å². The molecule has 0 unspecified atom stereocenters. The highest BCUT2D eigenvalue weighted by atomic mass is 19.1. The Morgan fingerprint density at radius 2 is 1.81 bits per heavy atom. The molecule has 3 aromatic rings. The number of aryl methyl sites for hydroxylation is 1. The summed E-state index contributed by atoms with van der Waals surface area (Å²) in [5.41, 5.74) is 1.08. The summed E-state index contributed by atoms with van der Waals surface area (Å²) >= 11 is 0. The van der Waals surface area contributed by atoms with E-state index in [9.17, 15) is 18.4 Å². The van der Waals surface area contributed by atoms with E-state index in [-0.39, 0.29) is 0 Å². The molecule has 0 aliphatic carbocycles. The van der Waals surface area contributed by atoms with Crippen LogP contribution < -0.4 is 0 Å². The van der Waals surface area contributed by atoms with Crippen molar-refractivity contribution in [2.24, 2.45) is 0 Å². The quantitative estimate of drug-likeness (QED) is 0.483. The number of nitrogens with zero attached hydrogens (tertiary/aromatic N) is 1. The van der Waals surface area contributed by atoms with Crippen LogP contribution in [0.1, 0.15) is 37.9 Å². The topological polar surface area (TPSA) is 61.4 Å². The molecule has 3 rings (SSSR count). The van der Waals surface area contributed by atoms with Crippen molar-refractivity contribution in [1.29, 1.82) is 0 Å². The van der Waals surface area contributed by atoms with Gasteiger partial charge in [0.15, 0.2) is 6.61 Å². The Labute approximate surface area is 154 Å². The summed E-state index contributed by atoms with van der Waals surface area (Å²) in [6, 6.07) is 8.31. The molecule has 2 aromatic heterocycles. The highest BCUT2D eigenvalue weighted by Gasteiger charge is 2.22. The minimum Gasteiger partial charge on any atom is -0.467 e. The first-order valence-electron chi connectivity index (χ1n) is 8.22. The number of hydrogen-bond acceptors (Lipinski definition) is 4. The van der Waals surface area contributed by atoms with Gasteiger partial charge < -0.3 is 13.7 Å². The van der Waals surface area contributed by atoms with Crippen LogP contribution >= 0.6 is 0 Å². The smallest absolute Gasteiger partial charge is 0.344 e. The summed E-state index contributed by atoms with van der Waals surface area (Å²) in [6.45, 7) is 3.45. The minimum atomic E-state index is -1.22. The molecule has 0 amide bonds. The van der Waals surface area contributed by atoms with Crippen molar-refractivity contribution < 1.29 is 27.5 Å². The monoisotopic (exact) mass is 373 g/mol. The first-order chi connectivity index (χ1) is 12.9. The molecule has 5 nitrogen and oxygen atoms in total. The number of hydrogen-bond donors (Lipinski definition) is 0. The zero-order valence-electron chi connectivity index (χ0n) is 14.8. The maximum absolute atomic E-state index is 13.6. The van der Waals surface area contributed by atoms with Crippen LogP contribution in [0.5, 0.6) is 0 Å². The molecule has 140 valence electrons. The average Bonchev–Trinajstić information content (AvgIpc) is 3.23. The molecule has 2 heterocycles. The molecule has 0 spiro atoms. The molecular weight excluding hydrogens is 356 g/mol. The Morgan fingerprint density at radius 3 is 2.44 bits per heavy atom. The van der Waals surface area contributed by atoms with Crippen molar-refractivity contribution >= 4 is 11.8 Å². The fraction of sp³-hybridized carbons (Fsp3) is 0.200. The molecule has 7 heteroatoms. The van der Waals surface area contributed by atoms with E-state index in [0.29, 0.717) is 17.8 Å². The van der Waals surface area contributed by atoms with Crippen molar-refractivity contribution in [2.75, 3.05) is 6.61 Å². The van der Waals surface area contributed by atoms with E-state index >= 15 is 0 Å². The lowest BCUT2D eigenvalue weighted by Crippen LogP contribution is -2.17. The Balaban J connectivity index is 1.72. The van der Waals surface area contributed by atoms with Gasteiger partial charge in [0, 0.05) is 17.0 Å². The van der Waals surface area contributed by atoms with E-state index in [1.165, 1.54) is 0 Å². The number of ketones is 1. The summed E-state index contributed by atoms with van der Waals surface area (Å²) < 4.78 is 39.3. The highest BCUT2D eigenvalue weighted by Crippen LogP contribution is 2.19. The van der Waals surface area contributed by atoms with Crippen molar-refractivity contribution in [3.8, 4) is 0 Å². The summed E-state index contributed by atoms with van der Waals surface area (Å²) in [4.78, 5) is 24.4. The van der Waals surface area contributed by atoms with Crippen LogP contribution in [0.3, 0.4) is 0 Å². The lowest BCUT2D eigenvalue weighted by molar-refractivity contribution is 0.0465. The number of ether oxygens (including phenoxy) is 1. The van der Waals surface area contributed by atoms with Gasteiger partial charge in [-0.15, -0.1) is 0 Å². The Bertz CT molecular complexity index is 970. The average molecular weight is 373 g/mol. The highest BCUT2D eigenvalue weighted by molar-refractivity contribution is 6.00. The number of carbonyl (C=O) groups is 2. The van der Waals surface area contributed by atoms with Gasteiger partial charge in [0.1, 0.15) is 23.0 Å². The number of halogens is 2. The predicted octanol–water partition coefficient (Wildman–Crippen LogP) is 4.06. The van der Waals surface area contributed by atoms with Gasteiger partial charge >= 0.3 is 5.97 Å². The van der Waals surface area contributed by atoms with Crippen molar-refractivity contribution in [1.82, 2.24) is 4.57 Å². The first-order valence-corrected chi connectivity index (χ1v) is 8.22. The normalized spacial score (nSPS) is 10.8. The Kier molecular flexibility index (Phi) is 5.21. The second-order valence-electron chi connectivity index (χ2n) is 6.05. The van der Waals surface area contributed by atoms with E-state index in [2.05, 4.69) is 0 Å². The van der Waals surface area contributed by atoms with E-state index < -0.39 is 35.6 Å². The summed E-state index contributed by atoms with van der Waals surface area (Å²) in [7, 11) is 0. The first kappa shape index (κ1) is 18.6. The van der Waals surface area contributed by atoms with Gasteiger partial charge in [-0.1, -0.05) is 6.07 Å². The maximum atomic E-state index is 13.6. The van der Waals surface area contributed by atoms with E-state index in [0.717, 1.165) is 29.7 Å². The van der Waals surface area contributed by atoms with E-state index in [1.54, 1.807) is 25.3 Å². The molecule has 0 fully saturated rings. The minimum absolute atomic E-state index is 0.376. The van der Waals surface area contributed by atoms with Crippen LogP contribution in [0, 0.1) is 25.5 Å². The summed E-state index contributed by atoms with van der Waals surface area (Å²) in [5, 5.41) is 0. The molecule has 0 atom stereocenters. The molecular formula is C20H17F2NO4. The third-order valence-electron chi connectivity index (χ3n) is 4.27. The zero-order valence-corrected chi connectivity index (χ0v) is 14.8. The predicted molar refractivity (Wildman–Crippen MR) is 92.7 cm³/mol. The van der Waals surface area contributed by atoms with Crippen LogP contribution in [-0.4, -0.2) is 22.9 Å². The van der Waals surface area contributed by atoms with Gasteiger partial charge in [0.2, 0.25) is 5.78 Å². The lowest BCUT2D eigenvalue weighted by Gasteiger charge is -2.08. The standard InChI is InChI=1S/C20H17F2NO4/c1-12-9-15(13(2)23(12)10-14-5-4-8-26-14)18(24)11-27-20(25)19-16(21)6-3-7-17(19)22/h3-9H,10-11H2,1-2H3. The molecule has 0 saturated carbocycles. The summed E-state index contributed by atoms with van der Waals surface area (Å²) in [5.74, 6) is -3.02. The van der Waals surface area contributed by atoms with Crippen LogP contribution in [0.2, 0.25) is 0 Å². The largest absolute Gasteiger partial charge is 0.467 e. The van der Waals surface area contributed by atoms with Crippen molar-refractivity contribution in [3.63, 3.8) is 0 Å². The van der Waals surface area contributed by atoms with Crippen LogP contribution in [0.4, 0.5) is 8.78 Å². The number of rotatable bonds is 6. The molecule has 0 bridgehead atoms. The number of esters is 1. The fourth-order valence-electron chi connectivity index (χ4n) is 2.86. The number of aromatic nitrogens is 1. The summed E-state index contributed by atoms with van der Waals surface area (Å²) in [6.07, 6.45) is 1.57. The lowest BCUT2D eigenvalue weighted by atomic mass is 10.1. The fourth-order valence-corrected chi connectivity index (χ4v) is 2.86. The van der Waals surface area contributed by atoms with Crippen LogP contribution in [-0.2, 0) is 11.3 Å². The van der Waals surface area contributed by atoms with E-state index in [1.807, 2.05) is 17.6 Å². The molecule has 0 saturated heterocycles. The molecule has 27 heavy (non-hydrogen) atoms. The molecule has 0 radical (unpaired) electrons. The molecule has 1 aromatic carbocycles. The molecule has 0 aliphatic rings. The van der Waals surface area contributed by atoms with Crippen LogP contribution in [0.15, 0.2) is 47.1 Å². The van der Waals surface area contributed by atoms with Gasteiger partial charge in [-0.05, 0) is 44.2 Å². The van der Waals surface area contributed by atoms with Gasteiger partial charge in [-0.25, -0.2) is 13.6 Å². The number of Topliss-reactive ketones (excluding diaryl/α,β-unsaturated/α-hetero) is 1. The zero-order chi connectivity index (χ0) is 19.6. The van der Waals surface area contributed by atoms with Crippen molar-refractivity contribution in [2.45, 2.75) is 20.4 Å².